The smallest absolute Gasteiger partial charge is 0.253 e. The standard InChI is InChI=1S/C21H23ClN2O2S2/c1-15-19-12-17(22)9-10-20(19)27-21(15)28(25,26)24(14-18-8-5-11-23-18)13-16-6-3-2-4-7-16/h2-4,6-7,9-10,12,18,23H,5,8,11,13-14H2,1H3. The molecule has 0 amide bonds. The molecule has 1 aliphatic heterocycles. The Morgan fingerprint density at radius 1 is 1.21 bits per heavy atom. The Kier molecular flexibility index (Phi) is 5.76. The number of nitrogens with zero attached hydrogens (tertiary/aromatic N) is 1. The van der Waals surface area contributed by atoms with Gasteiger partial charge in [0.1, 0.15) is 4.21 Å². The van der Waals surface area contributed by atoms with Crippen LogP contribution < -0.4 is 5.32 Å². The first-order valence-corrected chi connectivity index (χ1v) is 12.0. The second-order valence-electron chi connectivity index (χ2n) is 7.23. The lowest BCUT2D eigenvalue weighted by atomic mass is 10.2. The minimum absolute atomic E-state index is 0.197. The molecule has 2 heterocycles. The molecule has 4 rings (SSSR count). The highest BCUT2D eigenvalue weighted by atomic mass is 35.5. The van der Waals surface area contributed by atoms with Gasteiger partial charge in [0.15, 0.2) is 0 Å². The largest absolute Gasteiger partial charge is 0.313 e. The van der Waals surface area contributed by atoms with Crippen LogP contribution >= 0.6 is 22.9 Å². The topological polar surface area (TPSA) is 49.4 Å². The fraction of sp³-hybridized carbons (Fsp3) is 0.333. The maximum absolute atomic E-state index is 13.7. The predicted octanol–water partition coefficient (Wildman–Crippen LogP) is 4.81. The van der Waals surface area contributed by atoms with E-state index in [1.165, 1.54) is 11.3 Å². The zero-order chi connectivity index (χ0) is 19.7. The number of hydrogen-bond donors (Lipinski definition) is 1. The number of rotatable bonds is 6. The number of thiophene rings is 1. The van der Waals surface area contributed by atoms with Gasteiger partial charge in [-0.1, -0.05) is 41.9 Å². The lowest BCUT2D eigenvalue weighted by molar-refractivity contribution is 0.365. The van der Waals surface area contributed by atoms with Gasteiger partial charge in [0, 0.05) is 28.9 Å². The molecule has 4 nitrogen and oxygen atoms in total. The molecule has 1 atom stereocenters. The van der Waals surface area contributed by atoms with Crippen LogP contribution in [0.5, 0.6) is 0 Å². The van der Waals surface area contributed by atoms with Crippen molar-refractivity contribution in [1.29, 1.82) is 0 Å². The average molecular weight is 435 g/mol. The summed E-state index contributed by atoms with van der Waals surface area (Å²) < 4.78 is 30.3. The maximum Gasteiger partial charge on any atom is 0.253 e. The molecule has 2 aromatic carbocycles. The quantitative estimate of drug-likeness (QED) is 0.605. The molecule has 1 fully saturated rings. The summed E-state index contributed by atoms with van der Waals surface area (Å²) >= 11 is 7.46. The van der Waals surface area contributed by atoms with Gasteiger partial charge in [0.25, 0.3) is 10.0 Å². The van der Waals surface area contributed by atoms with Gasteiger partial charge in [-0.05, 0) is 61.0 Å². The van der Waals surface area contributed by atoms with E-state index in [9.17, 15) is 8.42 Å². The highest BCUT2D eigenvalue weighted by molar-refractivity contribution is 7.91. The molecule has 1 saturated heterocycles. The number of nitrogens with one attached hydrogen (secondary N) is 1. The molecule has 1 aliphatic rings. The fourth-order valence-electron chi connectivity index (χ4n) is 3.73. The highest BCUT2D eigenvalue weighted by Gasteiger charge is 2.31. The van der Waals surface area contributed by atoms with E-state index in [2.05, 4.69) is 5.32 Å². The summed E-state index contributed by atoms with van der Waals surface area (Å²) in [6.07, 6.45) is 2.09. The van der Waals surface area contributed by atoms with E-state index in [1.54, 1.807) is 10.4 Å². The Morgan fingerprint density at radius 2 is 2.00 bits per heavy atom. The lowest BCUT2D eigenvalue weighted by Gasteiger charge is -2.25. The monoisotopic (exact) mass is 434 g/mol. The Balaban J connectivity index is 1.74. The average Bonchev–Trinajstić information content (AvgIpc) is 3.31. The molecule has 0 radical (unpaired) electrons. The third-order valence-corrected chi connectivity index (χ3v) is 9.13. The van der Waals surface area contributed by atoms with Crippen molar-refractivity contribution in [1.82, 2.24) is 9.62 Å². The van der Waals surface area contributed by atoms with E-state index >= 15 is 0 Å². The Bertz CT molecular complexity index is 1070. The van der Waals surface area contributed by atoms with Crippen LogP contribution in [0.25, 0.3) is 10.1 Å². The van der Waals surface area contributed by atoms with Crippen molar-refractivity contribution >= 4 is 43.0 Å². The number of halogens is 1. The van der Waals surface area contributed by atoms with E-state index in [-0.39, 0.29) is 6.04 Å². The molecule has 7 heteroatoms. The molecule has 0 spiro atoms. The normalized spacial score (nSPS) is 17.6. The third-order valence-electron chi connectivity index (χ3n) is 5.22. The van der Waals surface area contributed by atoms with Crippen molar-refractivity contribution in [3.05, 3.63) is 64.7 Å². The van der Waals surface area contributed by atoms with Crippen LogP contribution in [0, 0.1) is 6.92 Å². The highest BCUT2D eigenvalue weighted by Crippen LogP contribution is 2.37. The van der Waals surface area contributed by atoms with Crippen molar-refractivity contribution < 1.29 is 8.42 Å². The van der Waals surface area contributed by atoms with Gasteiger partial charge in [-0.3, -0.25) is 0 Å². The zero-order valence-electron chi connectivity index (χ0n) is 15.7. The molecule has 1 N–H and O–H groups in total. The van der Waals surface area contributed by atoms with Gasteiger partial charge in [-0.2, -0.15) is 4.31 Å². The molecular formula is C21H23ClN2O2S2. The number of fused-ring (bicyclic) bond motifs is 1. The van der Waals surface area contributed by atoms with Crippen LogP contribution in [0.15, 0.2) is 52.7 Å². The summed E-state index contributed by atoms with van der Waals surface area (Å²) in [4.78, 5) is 0. The lowest BCUT2D eigenvalue weighted by Crippen LogP contribution is -2.40. The van der Waals surface area contributed by atoms with E-state index < -0.39 is 10.0 Å². The minimum atomic E-state index is -3.62. The second-order valence-corrected chi connectivity index (χ2v) is 10.9. The van der Waals surface area contributed by atoms with Crippen LogP contribution in [0.4, 0.5) is 0 Å². The van der Waals surface area contributed by atoms with Gasteiger partial charge < -0.3 is 5.32 Å². The van der Waals surface area contributed by atoms with Crippen molar-refractivity contribution in [2.24, 2.45) is 0 Å². The summed E-state index contributed by atoms with van der Waals surface area (Å²) in [7, 11) is -3.62. The fourth-order valence-corrected chi connectivity index (χ4v) is 7.25. The molecule has 28 heavy (non-hydrogen) atoms. The van der Waals surface area contributed by atoms with E-state index in [0.717, 1.165) is 40.6 Å². The molecule has 0 saturated carbocycles. The van der Waals surface area contributed by atoms with Gasteiger partial charge in [-0.15, -0.1) is 11.3 Å². The summed E-state index contributed by atoms with van der Waals surface area (Å²) in [6.45, 7) is 3.67. The van der Waals surface area contributed by atoms with Crippen LogP contribution in [0.1, 0.15) is 24.0 Å². The Hall–Kier alpha value is -1.44. The minimum Gasteiger partial charge on any atom is -0.313 e. The third kappa shape index (κ3) is 3.98. The first kappa shape index (κ1) is 19.9. The Morgan fingerprint density at radius 3 is 2.71 bits per heavy atom. The second kappa shape index (κ2) is 8.13. The van der Waals surface area contributed by atoms with Crippen molar-refractivity contribution in [3.63, 3.8) is 0 Å². The Labute approximate surface area is 175 Å². The summed E-state index contributed by atoms with van der Waals surface area (Å²) in [5, 5.41) is 4.96. The van der Waals surface area contributed by atoms with Crippen molar-refractivity contribution in [3.8, 4) is 0 Å². The number of hydrogen-bond acceptors (Lipinski definition) is 4. The van der Waals surface area contributed by atoms with Crippen molar-refractivity contribution in [2.45, 2.75) is 36.6 Å². The molecule has 0 aliphatic carbocycles. The predicted molar refractivity (Wildman–Crippen MR) is 117 cm³/mol. The van der Waals surface area contributed by atoms with Gasteiger partial charge in [0.05, 0.1) is 0 Å². The first-order chi connectivity index (χ1) is 13.4. The number of benzene rings is 2. The summed E-state index contributed by atoms with van der Waals surface area (Å²) in [5.74, 6) is 0. The van der Waals surface area contributed by atoms with E-state index in [0.29, 0.717) is 22.3 Å². The number of aryl methyl sites for hydroxylation is 1. The van der Waals surface area contributed by atoms with E-state index in [4.69, 9.17) is 11.6 Å². The summed E-state index contributed by atoms with van der Waals surface area (Å²) in [5.41, 5.74) is 1.77. The molecule has 3 aromatic rings. The first-order valence-electron chi connectivity index (χ1n) is 9.41. The number of sulfonamides is 1. The van der Waals surface area contributed by atoms with Gasteiger partial charge in [0.2, 0.25) is 0 Å². The van der Waals surface area contributed by atoms with Gasteiger partial charge in [-0.25, -0.2) is 8.42 Å². The van der Waals surface area contributed by atoms with Crippen molar-refractivity contribution in [2.75, 3.05) is 13.1 Å². The maximum atomic E-state index is 13.7. The molecule has 1 aromatic heterocycles. The van der Waals surface area contributed by atoms with Crippen LogP contribution in [-0.2, 0) is 16.6 Å². The van der Waals surface area contributed by atoms with Crippen LogP contribution in [0.3, 0.4) is 0 Å². The molecule has 148 valence electrons. The van der Waals surface area contributed by atoms with Crippen LogP contribution in [-0.4, -0.2) is 31.9 Å². The van der Waals surface area contributed by atoms with E-state index in [1.807, 2.05) is 49.4 Å². The summed E-state index contributed by atoms with van der Waals surface area (Å²) in [6, 6.07) is 15.5. The van der Waals surface area contributed by atoms with Gasteiger partial charge >= 0.3 is 0 Å². The zero-order valence-corrected chi connectivity index (χ0v) is 18.1. The van der Waals surface area contributed by atoms with Crippen LogP contribution in [0.2, 0.25) is 5.02 Å². The molecular weight excluding hydrogens is 412 g/mol. The molecule has 0 bridgehead atoms. The molecule has 1 unspecified atom stereocenters. The SMILES string of the molecule is Cc1c(S(=O)(=O)N(Cc2ccccc2)CC2CCCN2)sc2ccc(Cl)cc12.